The SMILES string of the molecule is CNc1cc(Nc2cccc([C@@H]3CCCCO3)n2)nc2c(C(=O)NCC3(CO)CC3)cnn12. The van der Waals surface area contributed by atoms with Crippen LogP contribution in [-0.4, -0.2) is 57.4 Å². The first-order valence-corrected chi connectivity index (χ1v) is 11.4. The smallest absolute Gasteiger partial charge is 0.256 e. The molecule has 0 aromatic carbocycles. The number of nitrogens with one attached hydrogen (secondary N) is 3. The number of nitrogens with zero attached hydrogens (tertiary/aromatic N) is 4. The zero-order valence-electron chi connectivity index (χ0n) is 18.7. The van der Waals surface area contributed by atoms with Gasteiger partial charge in [-0.05, 0) is 44.2 Å². The Morgan fingerprint density at radius 3 is 2.88 bits per heavy atom. The van der Waals surface area contributed by atoms with Crippen LogP contribution in [0.4, 0.5) is 17.5 Å². The lowest BCUT2D eigenvalue weighted by Gasteiger charge is -2.22. The van der Waals surface area contributed by atoms with Gasteiger partial charge in [-0.1, -0.05) is 6.07 Å². The van der Waals surface area contributed by atoms with Gasteiger partial charge in [0.05, 0.1) is 24.6 Å². The highest BCUT2D eigenvalue weighted by molar-refractivity contribution is 6.00. The quantitative estimate of drug-likeness (QED) is 0.412. The second-order valence-electron chi connectivity index (χ2n) is 8.84. The van der Waals surface area contributed by atoms with E-state index in [9.17, 15) is 9.90 Å². The Morgan fingerprint density at radius 2 is 2.15 bits per heavy atom. The number of fused-ring (bicyclic) bond motifs is 1. The second kappa shape index (κ2) is 8.95. The number of ether oxygens (including phenoxy) is 1. The van der Waals surface area contributed by atoms with E-state index in [0.29, 0.717) is 35.2 Å². The summed E-state index contributed by atoms with van der Waals surface area (Å²) in [5.41, 5.74) is 1.54. The predicted molar refractivity (Wildman–Crippen MR) is 124 cm³/mol. The number of hydrogen-bond donors (Lipinski definition) is 4. The van der Waals surface area contributed by atoms with Crippen LogP contribution < -0.4 is 16.0 Å². The predicted octanol–water partition coefficient (Wildman–Crippen LogP) is 2.65. The molecule has 3 aromatic rings. The zero-order chi connectivity index (χ0) is 22.8. The average molecular weight is 452 g/mol. The first kappa shape index (κ1) is 21.6. The molecule has 1 aliphatic heterocycles. The number of aliphatic hydroxyl groups excluding tert-OH is 1. The van der Waals surface area contributed by atoms with E-state index in [0.717, 1.165) is 44.4 Å². The Morgan fingerprint density at radius 1 is 1.27 bits per heavy atom. The molecule has 4 N–H and O–H groups in total. The van der Waals surface area contributed by atoms with Crippen LogP contribution in [0.2, 0.25) is 0 Å². The molecular formula is C23H29N7O3. The van der Waals surface area contributed by atoms with Crippen molar-refractivity contribution >= 4 is 29.0 Å². The van der Waals surface area contributed by atoms with Crippen molar-refractivity contribution in [2.45, 2.75) is 38.2 Å². The van der Waals surface area contributed by atoms with Crippen LogP contribution in [0.1, 0.15) is 54.3 Å². The maximum atomic E-state index is 12.8. The minimum atomic E-state index is -0.258. The van der Waals surface area contributed by atoms with Crippen molar-refractivity contribution in [2.24, 2.45) is 5.41 Å². The van der Waals surface area contributed by atoms with E-state index in [1.807, 2.05) is 24.3 Å². The van der Waals surface area contributed by atoms with Gasteiger partial charge in [0.2, 0.25) is 0 Å². The Bertz CT molecular complexity index is 1150. The fourth-order valence-corrected chi connectivity index (χ4v) is 4.10. The monoisotopic (exact) mass is 451 g/mol. The van der Waals surface area contributed by atoms with E-state index < -0.39 is 0 Å². The van der Waals surface area contributed by atoms with Crippen molar-refractivity contribution in [3.05, 3.63) is 41.7 Å². The maximum absolute atomic E-state index is 12.8. The number of carbonyl (C=O) groups excluding carboxylic acids is 1. The van der Waals surface area contributed by atoms with Crippen molar-refractivity contribution in [1.82, 2.24) is 24.9 Å². The Kier molecular flexibility index (Phi) is 5.86. The van der Waals surface area contributed by atoms with E-state index in [2.05, 4.69) is 26.0 Å². The topological polar surface area (TPSA) is 126 Å². The minimum absolute atomic E-state index is 0.0163. The number of amides is 1. The van der Waals surface area contributed by atoms with Crippen molar-refractivity contribution in [2.75, 3.05) is 37.4 Å². The number of rotatable bonds is 8. The normalized spacial score (nSPS) is 19.3. The molecule has 1 saturated carbocycles. The maximum Gasteiger partial charge on any atom is 0.256 e. The average Bonchev–Trinajstić information content (AvgIpc) is 3.52. The molecule has 3 aromatic heterocycles. The standard InChI is InChI=1S/C23H29N7O3/c1-24-20-11-19(28-18-7-4-5-16(27-18)17-6-2-3-10-33-17)29-21-15(12-26-30(20)21)22(32)25-13-23(14-31)8-9-23/h4-5,7,11-12,17,24,31H,2-3,6,8-10,13-14H2,1H3,(H,25,32)(H,27,28,29)/t17-/m0/s1. The molecule has 33 heavy (non-hydrogen) atoms. The summed E-state index contributed by atoms with van der Waals surface area (Å²) >= 11 is 0. The highest BCUT2D eigenvalue weighted by Crippen LogP contribution is 2.44. The Labute approximate surface area is 191 Å². The molecule has 4 heterocycles. The van der Waals surface area contributed by atoms with Crippen LogP contribution in [0.3, 0.4) is 0 Å². The van der Waals surface area contributed by atoms with E-state index >= 15 is 0 Å². The number of carbonyl (C=O) groups is 1. The third-order valence-corrected chi connectivity index (χ3v) is 6.43. The first-order chi connectivity index (χ1) is 16.1. The van der Waals surface area contributed by atoms with Crippen molar-refractivity contribution in [1.29, 1.82) is 0 Å². The molecule has 0 radical (unpaired) electrons. The minimum Gasteiger partial charge on any atom is -0.396 e. The zero-order valence-corrected chi connectivity index (χ0v) is 18.7. The van der Waals surface area contributed by atoms with Crippen LogP contribution in [-0.2, 0) is 4.74 Å². The molecule has 1 atom stereocenters. The second-order valence-corrected chi connectivity index (χ2v) is 8.84. The van der Waals surface area contributed by atoms with Crippen molar-refractivity contribution < 1.29 is 14.6 Å². The molecule has 2 aliphatic rings. The summed E-state index contributed by atoms with van der Waals surface area (Å²) in [5, 5.41) is 23.1. The van der Waals surface area contributed by atoms with Gasteiger partial charge < -0.3 is 25.8 Å². The summed E-state index contributed by atoms with van der Waals surface area (Å²) < 4.78 is 7.46. The van der Waals surface area contributed by atoms with Gasteiger partial charge in [-0.15, -0.1) is 0 Å². The fraction of sp³-hybridized carbons (Fsp3) is 0.478. The summed E-state index contributed by atoms with van der Waals surface area (Å²) in [6.45, 7) is 1.28. The molecule has 10 nitrogen and oxygen atoms in total. The third kappa shape index (κ3) is 4.49. The molecular weight excluding hydrogens is 422 g/mol. The Hall–Kier alpha value is -3.24. The highest BCUT2D eigenvalue weighted by atomic mass is 16.5. The van der Waals surface area contributed by atoms with Crippen LogP contribution in [0, 0.1) is 5.41 Å². The van der Waals surface area contributed by atoms with Crippen molar-refractivity contribution in [3.8, 4) is 0 Å². The number of aromatic nitrogens is 4. The van der Waals surface area contributed by atoms with Gasteiger partial charge in [0, 0.05) is 31.7 Å². The molecule has 174 valence electrons. The van der Waals surface area contributed by atoms with Gasteiger partial charge in [-0.25, -0.2) is 9.97 Å². The molecule has 1 amide bonds. The van der Waals surface area contributed by atoms with E-state index in [4.69, 9.17) is 9.72 Å². The third-order valence-electron chi connectivity index (χ3n) is 6.43. The summed E-state index contributed by atoms with van der Waals surface area (Å²) in [6.07, 6.45) is 6.57. The van der Waals surface area contributed by atoms with Gasteiger partial charge >= 0.3 is 0 Å². The molecule has 1 saturated heterocycles. The van der Waals surface area contributed by atoms with Crippen LogP contribution >= 0.6 is 0 Å². The summed E-state index contributed by atoms with van der Waals surface area (Å²) in [7, 11) is 1.79. The molecule has 5 rings (SSSR count). The van der Waals surface area contributed by atoms with E-state index in [1.54, 1.807) is 11.6 Å². The van der Waals surface area contributed by atoms with Gasteiger partial charge in [0.25, 0.3) is 5.91 Å². The molecule has 2 fully saturated rings. The largest absolute Gasteiger partial charge is 0.396 e. The van der Waals surface area contributed by atoms with Crippen LogP contribution in [0.25, 0.3) is 5.65 Å². The number of hydrogen-bond acceptors (Lipinski definition) is 8. The molecule has 0 bridgehead atoms. The molecule has 0 unspecified atom stereocenters. The van der Waals surface area contributed by atoms with Crippen LogP contribution in [0.5, 0.6) is 0 Å². The number of pyridine rings is 1. The van der Waals surface area contributed by atoms with Crippen LogP contribution in [0.15, 0.2) is 30.5 Å². The van der Waals surface area contributed by atoms with E-state index in [-0.39, 0.29) is 24.0 Å². The lowest BCUT2D eigenvalue weighted by atomic mass is 10.1. The van der Waals surface area contributed by atoms with Gasteiger partial charge in [0.15, 0.2) is 5.65 Å². The van der Waals surface area contributed by atoms with Gasteiger partial charge in [0.1, 0.15) is 23.0 Å². The first-order valence-electron chi connectivity index (χ1n) is 11.4. The molecule has 10 heteroatoms. The summed E-state index contributed by atoms with van der Waals surface area (Å²) in [5.74, 6) is 1.63. The summed E-state index contributed by atoms with van der Waals surface area (Å²) in [4.78, 5) is 22.2. The molecule has 0 spiro atoms. The lowest BCUT2D eigenvalue weighted by molar-refractivity contribution is 0.0124. The molecule has 1 aliphatic carbocycles. The number of aliphatic hydroxyl groups is 1. The number of anilines is 3. The fourth-order valence-electron chi connectivity index (χ4n) is 4.10. The Balaban J connectivity index is 1.39. The van der Waals surface area contributed by atoms with Gasteiger partial charge in [-0.3, -0.25) is 4.79 Å². The van der Waals surface area contributed by atoms with E-state index in [1.165, 1.54) is 6.20 Å². The lowest BCUT2D eigenvalue weighted by Crippen LogP contribution is -2.31. The summed E-state index contributed by atoms with van der Waals surface area (Å²) in [6, 6.07) is 7.63. The van der Waals surface area contributed by atoms with Gasteiger partial charge in [-0.2, -0.15) is 9.61 Å². The highest BCUT2D eigenvalue weighted by Gasteiger charge is 2.42. The van der Waals surface area contributed by atoms with Crippen molar-refractivity contribution in [3.63, 3.8) is 0 Å².